The summed E-state index contributed by atoms with van der Waals surface area (Å²) in [6, 6.07) is 5.32. The van der Waals surface area contributed by atoms with Crippen molar-refractivity contribution >= 4 is 33.6 Å². The summed E-state index contributed by atoms with van der Waals surface area (Å²) in [5.41, 5.74) is 3.53. The van der Waals surface area contributed by atoms with Crippen molar-refractivity contribution in [1.82, 2.24) is 14.3 Å². The number of allylic oxidation sites excluding steroid dienone is 2. The van der Waals surface area contributed by atoms with Crippen molar-refractivity contribution < 1.29 is 9.90 Å². The fourth-order valence-corrected chi connectivity index (χ4v) is 3.34. The van der Waals surface area contributed by atoms with Crippen LogP contribution in [0.25, 0.3) is 27.6 Å². The molecule has 0 spiro atoms. The monoisotopic (exact) mass is 295 g/mol. The van der Waals surface area contributed by atoms with Gasteiger partial charge in [-0.1, -0.05) is 6.08 Å². The van der Waals surface area contributed by atoms with E-state index in [0.717, 1.165) is 34.8 Å². The lowest BCUT2D eigenvalue weighted by Crippen LogP contribution is -2.02. The molecule has 2 aromatic heterocycles. The highest BCUT2D eigenvalue weighted by Crippen LogP contribution is 2.34. The average molecular weight is 295 g/mol. The molecular formula is C17H17N3O2. The van der Waals surface area contributed by atoms with Gasteiger partial charge in [0, 0.05) is 29.7 Å². The molecule has 1 aliphatic carbocycles. The van der Waals surface area contributed by atoms with Gasteiger partial charge >= 0.3 is 5.97 Å². The van der Waals surface area contributed by atoms with Crippen LogP contribution in [-0.4, -0.2) is 25.4 Å². The van der Waals surface area contributed by atoms with Gasteiger partial charge in [-0.15, -0.1) is 0 Å². The molecular weight excluding hydrogens is 278 g/mol. The third kappa shape index (κ3) is 1.85. The minimum absolute atomic E-state index is 0.313. The number of aromatic carboxylic acids is 1. The lowest BCUT2D eigenvalue weighted by atomic mass is 10.0. The van der Waals surface area contributed by atoms with Gasteiger partial charge in [0.05, 0.1) is 11.1 Å². The number of hydrogen-bond acceptors (Lipinski definition) is 2. The maximum absolute atomic E-state index is 11.3. The van der Waals surface area contributed by atoms with E-state index in [1.165, 1.54) is 18.5 Å². The van der Waals surface area contributed by atoms with Gasteiger partial charge in [0.1, 0.15) is 0 Å². The normalized spacial score (nSPS) is 15.4. The van der Waals surface area contributed by atoms with Gasteiger partial charge < -0.3 is 5.11 Å². The van der Waals surface area contributed by atoms with E-state index in [1.54, 1.807) is 16.8 Å². The quantitative estimate of drug-likeness (QED) is 0.785. The molecule has 0 atom stereocenters. The number of nitrogens with zero attached hydrogens (tertiary/aromatic N) is 3. The fourth-order valence-electron chi connectivity index (χ4n) is 3.34. The van der Waals surface area contributed by atoms with E-state index >= 15 is 0 Å². The Morgan fingerprint density at radius 2 is 2.14 bits per heavy atom. The maximum atomic E-state index is 11.3. The van der Waals surface area contributed by atoms with Crippen LogP contribution in [0.5, 0.6) is 0 Å². The van der Waals surface area contributed by atoms with Crippen LogP contribution in [0.2, 0.25) is 0 Å². The molecule has 0 saturated heterocycles. The zero-order valence-corrected chi connectivity index (χ0v) is 12.4. The summed E-state index contributed by atoms with van der Waals surface area (Å²) in [6.45, 7) is 0. The highest BCUT2D eigenvalue weighted by atomic mass is 16.4. The molecule has 112 valence electrons. The summed E-state index contributed by atoms with van der Waals surface area (Å²) in [6.07, 6.45) is 8.79. The molecule has 1 aliphatic rings. The topological polar surface area (TPSA) is 60.1 Å². The second-order valence-electron chi connectivity index (χ2n) is 5.85. The van der Waals surface area contributed by atoms with Crippen molar-refractivity contribution in [3.8, 4) is 0 Å². The molecule has 5 nitrogen and oxygen atoms in total. The first-order chi connectivity index (χ1) is 10.6. The van der Waals surface area contributed by atoms with Crippen molar-refractivity contribution in [2.24, 2.45) is 7.05 Å². The Balaban J connectivity index is 2.08. The molecule has 1 aromatic carbocycles. The van der Waals surface area contributed by atoms with Crippen LogP contribution in [0.15, 0.2) is 30.5 Å². The summed E-state index contributed by atoms with van der Waals surface area (Å²) in [4.78, 5) is 11.3. The average Bonchev–Trinajstić information content (AvgIpc) is 3.02. The van der Waals surface area contributed by atoms with Gasteiger partial charge in [-0.3, -0.25) is 9.25 Å². The first-order valence-corrected chi connectivity index (χ1v) is 7.55. The van der Waals surface area contributed by atoms with E-state index in [4.69, 9.17) is 0 Å². The van der Waals surface area contributed by atoms with Gasteiger partial charge in [-0.25, -0.2) is 4.79 Å². The molecule has 22 heavy (non-hydrogen) atoms. The minimum Gasteiger partial charge on any atom is -0.478 e. The van der Waals surface area contributed by atoms with Crippen molar-refractivity contribution in [2.45, 2.75) is 25.7 Å². The number of carboxylic acid groups (broad SMARTS) is 1. The zero-order chi connectivity index (χ0) is 15.3. The van der Waals surface area contributed by atoms with Crippen LogP contribution in [0.3, 0.4) is 0 Å². The number of hydrogen-bond donors (Lipinski definition) is 1. The smallest absolute Gasteiger partial charge is 0.335 e. The Bertz CT molecular complexity index is 930. The van der Waals surface area contributed by atoms with Crippen molar-refractivity contribution in [2.75, 3.05) is 0 Å². The van der Waals surface area contributed by atoms with Gasteiger partial charge in [0.2, 0.25) is 0 Å². The Morgan fingerprint density at radius 1 is 1.27 bits per heavy atom. The van der Waals surface area contributed by atoms with Gasteiger partial charge in [0.15, 0.2) is 5.65 Å². The minimum atomic E-state index is -0.899. The number of carboxylic acids is 1. The molecule has 0 bridgehead atoms. The Morgan fingerprint density at radius 3 is 2.86 bits per heavy atom. The van der Waals surface area contributed by atoms with E-state index in [-0.39, 0.29) is 0 Å². The van der Waals surface area contributed by atoms with E-state index in [0.29, 0.717) is 5.56 Å². The lowest BCUT2D eigenvalue weighted by Gasteiger charge is -2.15. The summed E-state index contributed by atoms with van der Waals surface area (Å²) in [5.74, 6) is -0.899. The van der Waals surface area contributed by atoms with Gasteiger partial charge in [0.25, 0.3) is 0 Å². The highest BCUT2D eigenvalue weighted by Gasteiger charge is 2.18. The number of benzene rings is 1. The SMILES string of the molecule is Cn1cc2c3cc(C(=O)O)ccc3n(C3=CCCCC3)c2n1. The first kappa shape index (κ1) is 13.1. The second kappa shape index (κ2) is 4.73. The molecule has 1 N–H and O–H groups in total. The largest absolute Gasteiger partial charge is 0.478 e. The first-order valence-electron chi connectivity index (χ1n) is 7.55. The van der Waals surface area contributed by atoms with E-state index in [9.17, 15) is 9.90 Å². The molecule has 0 amide bonds. The summed E-state index contributed by atoms with van der Waals surface area (Å²) < 4.78 is 3.98. The summed E-state index contributed by atoms with van der Waals surface area (Å²) >= 11 is 0. The molecule has 0 radical (unpaired) electrons. The van der Waals surface area contributed by atoms with Crippen LogP contribution in [0.1, 0.15) is 36.0 Å². The highest BCUT2D eigenvalue weighted by molar-refractivity contribution is 6.10. The summed E-state index contributed by atoms with van der Waals surface area (Å²) in [7, 11) is 1.90. The molecule has 0 unspecified atom stereocenters. The lowest BCUT2D eigenvalue weighted by molar-refractivity contribution is 0.0697. The van der Waals surface area contributed by atoms with Crippen molar-refractivity contribution in [3.63, 3.8) is 0 Å². The maximum Gasteiger partial charge on any atom is 0.335 e. The fraction of sp³-hybridized carbons (Fsp3) is 0.294. The number of aryl methyl sites for hydroxylation is 1. The number of rotatable bonds is 2. The Labute approximate surface area is 127 Å². The van der Waals surface area contributed by atoms with Gasteiger partial charge in [-0.2, -0.15) is 5.10 Å². The third-order valence-corrected chi connectivity index (χ3v) is 4.35. The van der Waals surface area contributed by atoms with Crippen molar-refractivity contribution in [1.29, 1.82) is 0 Å². The Hall–Kier alpha value is -2.56. The molecule has 3 aromatic rings. The second-order valence-corrected chi connectivity index (χ2v) is 5.85. The molecule has 0 aliphatic heterocycles. The van der Waals surface area contributed by atoms with Crippen LogP contribution < -0.4 is 0 Å². The third-order valence-electron chi connectivity index (χ3n) is 4.35. The predicted octanol–water partition coefficient (Wildman–Crippen LogP) is 3.64. The van der Waals surface area contributed by atoms with Crippen LogP contribution in [-0.2, 0) is 7.05 Å². The number of aromatic nitrogens is 3. The van der Waals surface area contributed by atoms with E-state index in [1.807, 2.05) is 19.3 Å². The Kier molecular flexibility index (Phi) is 2.82. The molecule has 4 rings (SSSR count). The van der Waals surface area contributed by atoms with Crippen molar-refractivity contribution in [3.05, 3.63) is 36.0 Å². The van der Waals surface area contributed by atoms with E-state index < -0.39 is 5.97 Å². The molecule has 5 heteroatoms. The molecule has 0 saturated carbocycles. The summed E-state index contributed by atoms with van der Waals surface area (Å²) in [5, 5.41) is 15.8. The molecule has 0 fully saturated rings. The van der Waals surface area contributed by atoms with Crippen LogP contribution in [0.4, 0.5) is 0 Å². The molecule has 2 heterocycles. The number of fused-ring (bicyclic) bond motifs is 3. The van der Waals surface area contributed by atoms with Crippen LogP contribution in [0, 0.1) is 0 Å². The standard InChI is InChI=1S/C17H17N3O2/c1-19-10-14-13-9-11(17(21)22)7-8-15(13)20(16(14)18-19)12-5-3-2-4-6-12/h5,7-10H,2-4,6H2,1H3,(H,21,22). The number of carbonyl (C=O) groups is 1. The predicted molar refractivity (Wildman–Crippen MR) is 85.9 cm³/mol. The zero-order valence-electron chi connectivity index (χ0n) is 12.4. The van der Waals surface area contributed by atoms with Gasteiger partial charge in [-0.05, 0) is 43.9 Å². The van der Waals surface area contributed by atoms with Crippen LogP contribution >= 0.6 is 0 Å². The van der Waals surface area contributed by atoms with E-state index in [2.05, 4.69) is 15.7 Å².